The first-order valence-corrected chi connectivity index (χ1v) is 6.88. The molecule has 0 atom stereocenters. The zero-order valence-electron chi connectivity index (χ0n) is 12.9. The number of rotatable bonds is 5. The van der Waals surface area contributed by atoms with E-state index in [2.05, 4.69) is 63.3 Å². The molecule has 18 heavy (non-hydrogen) atoms. The van der Waals surface area contributed by atoms with Crippen LogP contribution in [-0.4, -0.2) is 40.4 Å². The highest BCUT2D eigenvalue weighted by molar-refractivity contribution is 5.81. The zero-order chi connectivity index (χ0) is 14.3. The van der Waals surface area contributed by atoms with Crippen LogP contribution in [0.25, 0.3) is 0 Å². The average Bonchev–Trinajstić information content (AvgIpc) is 2.23. The molecule has 0 spiro atoms. The third-order valence-corrected chi connectivity index (χ3v) is 2.84. The van der Waals surface area contributed by atoms with Crippen LogP contribution < -0.4 is 0 Å². The second-order valence-corrected chi connectivity index (χ2v) is 5.39. The molecule has 0 aliphatic carbocycles. The molecule has 0 N–H and O–H groups in total. The number of hydrogen-bond acceptors (Lipinski definition) is 2. The fourth-order valence-corrected chi connectivity index (χ4v) is 2.20. The van der Waals surface area contributed by atoms with Gasteiger partial charge in [0, 0.05) is 24.7 Å². The average molecular weight is 252 g/mol. The fraction of sp³-hybridized carbons (Fsp3) is 0.857. The Labute approximate surface area is 112 Å². The minimum absolute atomic E-state index is 0.329. The standard InChI is InChI=1S/C14H28N4/c1-8-9-17(11(2)3)14(16-10-15)18(12(4)5)13(6)7/h11-13H,8-9H2,1-7H3. The summed E-state index contributed by atoms with van der Waals surface area (Å²) in [6.45, 7) is 15.9. The number of aliphatic imine (C=N–C) groups is 1. The molecule has 0 aliphatic heterocycles. The molecule has 0 aromatic carbocycles. The Kier molecular flexibility index (Phi) is 7.42. The summed E-state index contributed by atoms with van der Waals surface area (Å²) in [4.78, 5) is 8.50. The van der Waals surface area contributed by atoms with E-state index in [1.54, 1.807) is 0 Å². The molecule has 4 heteroatoms. The van der Waals surface area contributed by atoms with Gasteiger partial charge in [0.2, 0.25) is 12.2 Å². The minimum Gasteiger partial charge on any atom is -0.339 e. The van der Waals surface area contributed by atoms with Crippen molar-refractivity contribution < 1.29 is 0 Å². The van der Waals surface area contributed by atoms with E-state index in [1.165, 1.54) is 0 Å². The molecule has 0 saturated carbocycles. The molecular formula is C14H28N4. The molecule has 0 rings (SSSR count). The van der Waals surface area contributed by atoms with Gasteiger partial charge < -0.3 is 9.80 Å². The molecule has 0 aliphatic rings. The summed E-state index contributed by atoms with van der Waals surface area (Å²) in [6.07, 6.45) is 3.00. The normalized spacial score (nSPS) is 12.2. The van der Waals surface area contributed by atoms with Crippen LogP contribution in [-0.2, 0) is 0 Å². The van der Waals surface area contributed by atoms with Crippen molar-refractivity contribution in [3.63, 3.8) is 0 Å². The van der Waals surface area contributed by atoms with Crippen molar-refractivity contribution >= 4 is 5.96 Å². The van der Waals surface area contributed by atoms with Gasteiger partial charge in [-0.15, -0.1) is 4.99 Å². The topological polar surface area (TPSA) is 42.6 Å². The van der Waals surface area contributed by atoms with Gasteiger partial charge in [-0.2, -0.15) is 5.26 Å². The van der Waals surface area contributed by atoms with E-state index in [-0.39, 0.29) is 0 Å². The molecule has 0 radical (unpaired) electrons. The molecule has 0 unspecified atom stereocenters. The van der Waals surface area contributed by atoms with Crippen LogP contribution >= 0.6 is 0 Å². The number of nitriles is 1. The van der Waals surface area contributed by atoms with Gasteiger partial charge in [-0.3, -0.25) is 0 Å². The van der Waals surface area contributed by atoms with E-state index >= 15 is 0 Å². The third kappa shape index (κ3) is 4.56. The third-order valence-electron chi connectivity index (χ3n) is 2.84. The number of hydrogen-bond donors (Lipinski definition) is 0. The molecule has 0 heterocycles. The molecule has 0 bridgehead atoms. The van der Waals surface area contributed by atoms with Gasteiger partial charge in [0.15, 0.2) is 0 Å². The second kappa shape index (κ2) is 7.97. The lowest BCUT2D eigenvalue weighted by atomic mass is 10.2. The monoisotopic (exact) mass is 252 g/mol. The lowest BCUT2D eigenvalue weighted by Gasteiger charge is -2.40. The molecule has 0 aromatic rings. The van der Waals surface area contributed by atoms with Crippen molar-refractivity contribution in [1.29, 1.82) is 5.26 Å². The Hall–Kier alpha value is -1.24. The maximum atomic E-state index is 8.96. The van der Waals surface area contributed by atoms with Crippen LogP contribution in [0.15, 0.2) is 4.99 Å². The van der Waals surface area contributed by atoms with Crippen molar-refractivity contribution in [2.24, 2.45) is 4.99 Å². The SMILES string of the molecule is CCCN(C(=NC#N)N(C(C)C)C(C)C)C(C)C. The van der Waals surface area contributed by atoms with Gasteiger partial charge in [-0.05, 0) is 48.0 Å². The van der Waals surface area contributed by atoms with Crippen molar-refractivity contribution in [3.05, 3.63) is 0 Å². The van der Waals surface area contributed by atoms with Crippen molar-refractivity contribution in [2.45, 2.75) is 73.0 Å². The maximum absolute atomic E-state index is 8.96. The van der Waals surface area contributed by atoms with Crippen LogP contribution in [0.5, 0.6) is 0 Å². The lowest BCUT2D eigenvalue weighted by molar-refractivity contribution is 0.222. The van der Waals surface area contributed by atoms with E-state index in [0.717, 1.165) is 18.9 Å². The highest BCUT2D eigenvalue weighted by Gasteiger charge is 2.24. The predicted octanol–water partition coefficient (Wildman–Crippen LogP) is 3.06. The fourth-order valence-electron chi connectivity index (χ4n) is 2.20. The predicted molar refractivity (Wildman–Crippen MR) is 77.3 cm³/mol. The first-order chi connectivity index (χ1) is 8.36. The summed E-state index contributed by atoms with van der Waals surface area (Å²) in [5.41, 5.74) is 0. The molecule has 0 aromatic heterocycles. The molecular weight excluding hydrogens is 224 g/mol. The van der Waals surface area contributed by atoms with Crippen molar-refractivity contribution in [1.82, 2.24) is 9.80 Å². The molecule has 0 saturated heterocycles. The van der Waals surface area contributed by atoms with Crippen LogP contribution in [0.1, 0.15) is 54.9 Å². The van der Waals surface area contributed by atoms with Crippen molar-refractivity contribution in [2.75, 3.05) is 6.54 Å². The summed E-state index contributed by atoms with van der Waals surface area (Å²) in [5.74, 6) is 0.805. The van der Waals surface area contributed by atoms with E-state index in [1.807, 2.05) is 6.19 Å². The largest absolute Gasteiger partial charge is 0.339 e. The quantitative estimate of drug-likeness (QED) is 0.429. The van der Waals surface area contributed by atoms with E-state index in [4.69, 9.17) is 5.26 Å². The van der Waals surface area contributed by atoms with Gasteiger partial charge >= 0.3 is 0 Å². The minimum atomic E-state index is 0.329. The Morgan fingerprint density at radius 2 is 1.56 bits per heavy atom. The van der Waals surface area contributed by atoms with E-state index in [0.29, 0.717) is 18.1 Å². The second-order valence-electron chi connectivity index (χ2n) is 5.39. The smallest absolute Gasteiger partial charge is 0.213 e. The van der Waals surface area contributed by atoms with Gasteiger partial charge in [0.05, 0.1) is 0 Å². The summed E-state index contributed by atoms with van der Waals surface area (Å²) in [6, 6.07) is 1.00. The van der Waals surface area contributed by atoms with Crippen molar-refractivity contribution in [3.8, 4) is 6.19 Å². The van der Waals surface area contributed by atoms with Crippen LogP contribution in [0.4, 0.5) is 0 Å². The summed E-state index contributed by atoms with van der Waals surface area (Å²) >= 11 is 0. The van der Waals surface area contributed by atoms with Crippen LogP contribution in [0, 0.1) is 11.5 Å². The summed E-state index contributed by atoms with van der Waals surface area (Å²) in [5, 5.41) is 8.96. The van der Waals surface area contributed by atoms with Gasteiger partial charge in [-0.1, -0.05) is 6.92 Å². The Morgan fingerprint density at radius 1 is 1.06 bits per heavy atom. The van der Waals surface area contributed by atoms with Gasteiger partial charge in [0.25, 0.3) is 0 Å². The molecule has 104 valence electrons. The Balaban J connectivity index is 5.39. The maximum Gasteiger partial charge on any atom is 0.213 e. The molecule has 0 amide bonds. The van der Waals surface area contributed by atoms with Crippen LogP contribution in [0.2, 0.25) is 0 Å². The highest BCUT2D eigenvalue weighted by atomic mass is 15.4. The molecule has 4 nitrogen and oxygen atoms in total. The highest BCUT2D eigenvalue weighted by Crippen LogP contribution is 2.13. The van der Waals surface area contributed by atoms with E-state index in [9.17, 15) is 0 Å². The first-order valence-electron chi connectivity index (χ1n) is 6.88. The van der Waals surface area contributed by atoms with Gasteiger partial charge in [0.1, 0.15) is 0 Å². The van der Waals surface area contributed by atoms with Gasteiger partial charge in [-0.25, -0.2) is 0 Å². The molecule has 0 fully saturated rings. The summed E-state index contributed by atoms with van der Waals surface area (Å²) in [7, 11) is 0. The Morgan fingerprint density at radius 3 is 1.83 bits per heavy atom. The number of nitrogens with zero attached hydrogens (tertiary/aromatic N) is 4. The number of guanidine groups is 1. The van der Waals surface area contributed by atoms with Crippen LogP contribution in [0.3, 0.4) is 0 Å². The first kappa shape index (κ1) is 16.8. The lowest BCUT2D eigenvalue weighted by Crippen LogP contribution is -2.52. The zero-order valence-corrected chi connectivity index (χ0v) is 12.9. The van der Waals surface area contributed by atoms with E-state index < -0.39 is 0 Å². The summed E-state index contributed by atoms with van der Waals surface area (Å²) < 4.78 is 0. The Bertz CT molecular complexity index is 291.